The van der Waals surface area contributed by atoms with Crippen molar-refractivity contribution in [3.05, 3.63) is 101 Å². The minimum Gasteiger partial charge on any atom is -0.395 e. The lowest BCUT2D eigenvalue weighted by atomic mass is 10.0. The van der Waals surface area contributed by atoms with E-state index in [9.17, 15) is 19.5 Å². The van der Waals surface area contributed by atoms with Gasteiger partial charge in [0.25, 0.3) is 5.91 Å². The zero-order valence-corrected chi connectivity index (χ0v) is 36.3. The van der Waals surface area contributed by atoms with Crippen LogP contribution in [0.1, 0.15) is 72.1 Å². The third-order valence-electron chi connectivity index (χ3n) is 13.4. The average molecular weight is 856 g/mol. The number of hydrogen-bond acceptors (Lipinski definition) is 10. The first-order chi connectivity index (χ1) is 30.7. The van der Waals surface area contributed by atoms with Crippen LogP contribution in [-0.2, 0) is 22.6 Å². The van der Waals surface area contributed by atoms with Gasteiger partial charge in [-0.05, 0) is 74.0 Å². The first kappa shape index (κ1) is 42.6. The molecule has 2 N–H and O–H groups in total. The van der Waals surface area contributed by atoms with Crippen LogP contribution in [0.5, 0.6) is 0 Å². The topological polar surface area (TPSA) is 130 Å². The number of benzene rings is 3. The maximum atomic E-state index is 15.4. The van der Waals surface area contributed by atoms with Gasteiger partial charge in [-0.3, -0.25) is 29.5 Å². The molecule has 0 saturated carbocycles. The van der Waals surface area contributed by atoms with Crippen LogP contribution in [0.2, 0.25) is 0 Å². The number of aliphatic hydroxyl groups excluding tert-OH is 1. The first-order valence-electron chi connectivity index (χ1n) is 22.8. The molecule has 3 saturated heterocycles. The molecule has 330 valence electrons. The van der Waals surface area contributed by atoms with E-state index in [1.54, 1.807) is 6.07 Å². The fourth-order valence-corrected chi connectivity index (χ4v) is 9.88. The van der Waals surface area contributed by atoms with Crippen molar-refractivity contribution in [2.45, 2.75) is 70.9 Å². The number of hydrogen-bond donors (Lipinski definition) is 2. The summed E-state index contributed by atoms with van der Waals surface area (Å²) in [5.41, 5.74) is 8.90. The Bertz CT molecular complexity index is 2460. The van der Waals surface area contributed by atoms with Crippen molar-refractivity contribution < 1.29 is 23.9 Å². The highest BCUT2D eigenvalue weighted by atomic mass is 19.1. The number of aliphatic hydroxyl groups is 1. The van der Waals surface area contributed by atoms with Crippen molar-refractivity contribution in [1.29, 1.82) is 0 Å². The van der Waals surface area contributed by atoms with Crippen molar-refractivity contribution >= 4 is 34.9 Å². The van der Waals surface area contributed by atoms with E-state index in [0.717, 1.165) is 110 Å². The Balaban J connectivity index is 0.757. The molecule has 3 amide bonds. The summed E-state index contributed by atoms with van der Waals surface area (Å²) in [6, 6.07) is 23.8. The summed E-state index contributed by atoms with van der Waals surface area (Å²) in [6.45, 7) is 10.8. The number of unbranched alkanes of at least 4 members (excludes halogenated alkanes) is 4. The highest BCUT2D eigenvalue weighted by molar-refractivity contribution is 6.05. The van der Waals surface area contributed by atoms with Gasteiger partial charge >= 0.3 is 0 Å². The number of carbonyl (C=O) groups excluding carboxylic acids is 3. The second kappa shape index (κ2) is 19.0. The summed E-state index contributed by atoms with van der Waals surface area (Å²) >= 11 is 0. The van der Waals surface area contributed by atoms with E-state index in [0.29, 0.717) is 30.9 Å². The van der Waals surface area contributed by atoms with Crippen LogP contribution in [0.25, 0.3) is 28.0 Å². The number of aryl methyl sites for hydroxylation is 2. The summed E-state index contributed by atoms with van der Waals surface area (Å²) < 4.78 is 17.4. The molecule has 6 heterocycles. The molecule has 2 aromatic heterocycles. The highest BCUT2D eigenvalue weighted by Gasteiger charge is 2.40. The Morgan fingerprint density at radius 2 is 1.49 bits per heavy atom. The van der Waals surface area contributed by atoms with E-state index in [1.165, 1.54) is 35.8 Å². The molecule has 3 aromatic carbocycles. The van der Waals surface area contributed by atoms with E-state index in [1.807, 2.05) is 10.6 Å². The molecule has 1 unspecified atom stereocenters. The van der Waals surface area contributed by atoms with E-state index < -0.39 is 17.8 Å². The van der Waals surface area contributed by atoms with Crippen molar-refractivity contribution in [2.75, 3.05) is 81.9 Å². The van der Waals surface area contributed by atoms with Crippen LogP contribution in [0.15, 0.2) is 72.8 Å². The lowest BCUT2D eigenvalue weighted by molar-refractivity contribution is -0.136. The molecule has 63 heavy (non-hydrogen) atoms. The van der Waals surface area contributed by atoms with Gasteiger partial charge in [0.05, 0.1) is 23.7 Å². The number of aromatic nitrogens is 3. The number of piperidine rings is 1. The molecular formula is C49H58FN9O4. The summed E-state index contributed by atoms with van der Waals surface area (Å²) in [5, 5.41) is 16.9. The summed E-state index contributed by atoms with van der Waals surface area (Å²) in [5.74, 6) is -0.517. The number of rotatable bonds is 15. The molecule has 14 heteroatoms. The van der Waals surface area contributed by atoms with Crippen LogP contribution in [0.3, 0.4) is 0 Å². The monoisotopic (exact) mass is 855 g/mol. The molecular weight excluding hydrogens is 798 g/mol. The zero-order valence-electron chi connectivity index (χ0n) is 36.3. The largest absolute Gasteiger partial charge is 0.395 e. The SMILES string of the molecule is Cc1nn2c(N3CCN(CCO)CC3)cc(-c3cccc(CCCCCCCN4CCN(c5cc6c(cc5F)C(=O)N(C5CCC(=O)NC5=O)C6)CC4)c3)nc2c1-c1ccccc1. The summed E-state index contributed by atoms with van der Waals surface area (Å²) in [4.78, 5) is 53.2. The second-order valence-corrected chi connectivity index (χ2v) is 17.5. The lowest BCUT2D eigenvalue weighted by Crippen LogP contribution is -2.52. The van der Waals surface area contributed by atoms with Gasteiger partial charge in [0, 0.05) is 94.6 Å². The average Bonchev–Trinajstić information content (AvgIpc) is 3.80. The first-order valence-corrected chi connectivity index (χ1v) is 22.8. The summed E-state index contributed by atoms with van der Waals surface area (Å²) in [7, 11) is 0. The van der Waals surface area contributed by atoms with Crippen LogP contribution in [0.4, 0.5) is 15.9 Å². The molecule has 0 aliphatic carbocycles. The van der Waals surface area contributed by atoms with Gasteiger partial charge in [0.1, 0.15) is 17.7 Å². The van der Waals surface area contributed by atoms with Gasteiger partial charge < -0.3 is 19.8 Å². The number of halogens is 1. The van der Waals surface area contributed by atoms with E-state index >= 15 is 4.39 Å². The number of piperazine rings is 2. The number of β-amino-alcohol motifs (C(OH)–C–C–N with tert-alkyl or cyclic N) is 1. The molecule has 1 atom stereocenters. The van der Waals surface area contributed by atoms with Gasteiger partial charge in [-0.15, -0.1) is 0 Å². The van der Waals surface area contributed by atoms with Gasteiger partial charge in [-0.25, -0.2) is 9.37 Å². The Hall–Kier alpha value is -5.70. The van der Waals surface area contributed by atoms with Gasteiger partial charge in [-0.1, -0.05) is 67.8 Å². The van der Waals surface area contributed by atoms with Gasteiger partial charge in [0.2, 0.25) is 11.8 Å². The van der Waals surface area contributed by atoms with Crippen LogP contribution >= 0.6 is 0 Å². The van der Waals surface area contributed by atoms with Crippen LogP contribution in [0, 0.1) is 12.7 Å². The predicted octanol–water partition coefficient (Wildman–Crippen LogP) is 5.70. The van der Waals surface area contributed by atoms with E-state index in [2.05, 4.69) is 86.4 Å². The third kappa shape index (κ3) is 9.20. The fourth-order valence-electron chi connectivity index (χ4n) is 9.88. The number of fused-ring (bicyclic) bond motifs is 2. The maximum Gasteiger partial charge on any atom is 0.255 e. The minimum atomic E-state index is -0.714. The van der Waals surface area contributed by atoms with E-state index in [-0.39, 0.29) is 37.8 Å². The zero-order chi connectivity index (χ0) is 43.5. The van der Waals surface area contributed by atoms with Gasteiger partial charge in [0.15, 0.2) is 5.65 Å². The molecule has 13 nitrogen and oxygen atoms in total. The van der Waals surface area contributed by atoms with Crippen molar-refractivity contribution in [1.82, 2.24) is 34.6 Å². The van der Waals surface area contributed by atoms with E-state index in [4.69, 9.17) is 10.1 Å². The Labute approximate surface area is 368 Å². The smallest absolute Gasteiger partial charge is 0.255 e. The molecule has 9 rings (SSSR count). The molecule has 0 radical (unpaired) electrons. The summed E-state index contributed by atoms with van der Waals surface area (Å²) in [6.07, 6.45) is 7.27. The molecule has 0 bridgehead atoms. The van der Waals surface area contributed by atoms with Crippen molar-refractivity contribution in [3.63, 3.8) is 0 Å². The standard InChI is InChI=1S/C49H58FN9O4/c1-34-46(36-13-7-5-8-14-36)47-51-41(32-45(59(47)53-34)57-25-21-55(22-26-57)27-28-60)37-15-10-12-35(29-37)11-6-3-2-4-9-18-54-19-23-56(24-20-54)43-30-38-33-58(49(63)39(38)31-40(43)50)42-16-17-44(61)52-48(42)62/h5,7-8,10,12-15,29-32,42,60H,2-4,6,9,11,16-28,33H2,1H3,(H,52,61,62). The fraction of sp³-hybridized carbons (Fsp3) is 0.449. The van der Waals surface area contributed by atoms with Gasteiger partial charge in [-0.2, -0.15) is 9.61 Å². The number of nitrogens with zero attached hydrogens (tertiary/aromatic N) is 8. The number of anilines is 2. The highest BCUT2D eigenvalue weighted by Crippen LogP contribution is 2.35. The Morgan fingerprint density at radius 3 is 2.25 bits per heavy atom. The number of nitrogens with one attached hydrogen (secondary N) is 1. The number of imide groups is 1. The quantitative estimate of drug-likeness (QED) is 0.100. The van der Waals surface area contributed by atoms with Crippen molar-refractivity contribution in [2.24, 2.45) is 0 Å². The van der Waals surface area contributed by atoms with Crippen molar-refractivity contribution in [3.8, 4) is 22.4 Å². The molecule has 3 fully saturated rings. The molecule has 0 spiro atoms. The Kier molecular flexibility index (Phi) is 12.8. The molecule has 4 aliphatic rings. The molecule has 4 aliphatic heterocycles. The normalized spacial score (nSPS) is 18.7. The lowest BCUT2D eigenvalue weighted by Gasteiger charge is -2.36. The third-order valence-corrected chi connectivity index (χ3v) is 13.4. The number of carbonyl (C=O) groups is 3. The molecule has 5 aromatic rings. The van der Waals surface area contributed by atoms with Crippen LogP contribution < -0.4 is 15.1 Å². The predicted molar refractivity (Wildman–Crippen MR) is 242 cm³/mol. The second-order valence-electron chi connectivity index (χ2n) is 17.5. The number of amides is 3. The minimum absolute atomic E-state index is 0.173. The Morgan fingerprint density at radius 1 is 0.778 bits per heavy atom. The maximum absolute atomic E-state index is 15.4. The van der Waals surface area contributed by atoms with Crippen LogP contribution in [-0.4, -0.2) is 130 Å².